The Labute approximate surface area is 160 Å². The van der Waals surface area contributed by atoms with E-state index in [1.54, 1.807) is 0 Å². The SMILES string of the molecule is CCCCCCCCCCOC1(C)C=CC(N=Cc2ccccc2)=CC1. The van der Waals surface area contributed by atoms with Crippen LogP contribution in [0.2, 0.25) is 0 Å². The Balaban J connectivity index is 1.61. The molecule has 1 aliphatic rings. The Morgan fingerprint density at radius 3 is 2.35 bits per heavy atom. The fourth-order valence-corrected chi connectivity index (χ4v) is 3.14. The molecule has 2 nitrogen and oxygen atoms in total. The molecule has 1 aromatic carbocycles. The topological polar surface area (TPSA) is 21.6 Å². The van der Waals surface area contributed by atoms with Gasteiger partial charge in [-0.25, -0.2) is 0 Å². The van der Waals surface area contributed by atoms with Crippen molar-refractivity contribution in [3.63, 3.8) is 0 Å². The summed E-state index contributed by atoms with van der Waals surface area (Å²) >= 11 is 0. The van der Waals surface area contributed by atoms with Gasteiger partial charge in [-0.1, -0.05) is 94.4 Å². The van der Waals surface area contributed by atoms with Crippen LogP contribution in [0, 0.1) is 0 Å². The van der Waals surface area contributed by atoms with Gasteiger partial charge in [0, 0.05) is 19.2 Å². The van der Waals surface area contributed by atoms with Crippen molar-refractivity contribution >= 4 is 6.21 Å². The molecule has 2 rings (SSSR count). The van der Waals surface area contributed by atoms with Crippen molar-refractivity contribution in [1.82, 2.24) is 0 Å². The van der Waals surface area contributed by atoms with Crippen molar-refractivity contribution in [2.24, 2.45) is 4.99 Å². The van der Waals surface area contributed by atoms with Crippen molar-refractivity contribution in [2.45, 2.75) is 77.2 Å². The van der Waals surface area contributed by atoms with Crippen molar-refractivity contribution in [3.05, 3.63) is 59.8 Å². The molecule has 1 aliphatic carbocycles. The number of hydrogen-bond acceptors (Lipinski definition) is 2. The zero-order valence-corrected chi connectivity index (χ0v) is 16.6. The lowest BCUT2D eigenvalue weighted by Gasteiger charge is -2.27. The lowest BCUT2D eigenvalue weighted by molar-refractivity contribution is 0.00463. The number of allylic oxidation sites excluding steroid dienone is 1. The predicted molar refractivity (Wildman–Crippen MR) is 113 cm³/mol. The highest BCUT2D eigenvalue weighted by molar-refractivity contribution is 5.80. The van der Waals surface area contributed by atoms with E-state index in [0.717, 1.165) is 24.3 Å². The van der Waals surface area contributed by atoms with Gasteiger partial charge in [-0.15, -0.1) is 0 Å². The van der Waals surface area contributed by atoms with E-state index in [-0.39, 0.29) is 5.60 Å². The first-order valence-corrected chi connectivity index (χ1v) is 10.3. The first-order chi connectivity index (χ1) is 12.7. The second kappa shape index (κ2) is 11.9. The van der Waals surface area contributed by atoms with Gasteiger partial charge in [-0.2, -0.15) is 0 Å². The predicted octanol–water partition coefficient (Wildman–Crippen LogP) is 6.87. The minimum atomic E-state index is -0.174. The van der Waals surface area contributed by atoms with Gasteiger partial charge in [-0.05, 0) is 25.0 Å². The molecule has 0 saturated heterocycles. The fourth-order valence-electron chi connectivity index (χ4n) is 3.14. The van der Waals surface area contributed by atoms with Crippen LogP contribution in [0.3, 0.4) is 0 Å². The smallest absolute Gasteiger partial charge is 0.0873 e. The highest BCUT2D eigenvalue weighted by Gasteiger charge is 2.22. The van der Waals surface area contributed by atoms with Crippen LogP contribution in [-0.4, -0.2) is 18.4 Å². The summed E-state index contributed by atoms with van der Waals surface area (Å²) in [5, 5.41) is 0. The summed E-state index contributed by atoms with van der Waals surface area (Å²) in [6, 6.07) is 10.2. The molecule has 1 aromatic rings. The number of ether oxygens (including phenoxy) is 1. The second-order valence-electron chi connectivity index (χ2n) is 7.47. The van der Waals surface area contributed by atoms with E-state index < -0.39 is 0 Å². The molecule has 1 unspecified atom stereocenters. The summed E-state index contributed by atoms with van der Waals surface area (Å²) in [6.45, 7) is 5.29. The maximum absolute atomic E-state index is 6.14. The molecular formula is C24H35NO. The molecule has 2 heteroatoms. The van der Waals surface area contributed by atoms with Gasteiger partial charge in [0.1, 0.15) is 0 Å². The van der Waals surface area contributed by atoms with E-state index in [2.05, 4.69) is 49.2 Å². The third kappa shape index (κ3) is 8.14. The first-order valence-electron chi connectivity index (χ1n) is 10.3. The van der Waals surface area contributed by atoms with Crippen LogP contribution in [-0.2, 0) is 4.74 Å². The molecule has 1 atom stereocenters. The van der Waals surface area contributed by atoms with Crippen LogP contribution in [0.1, 0.15) is 77.2 Å². The zero-order valence-electron chi connectivity index (χ0n) is 16.6. The molecule has 0 heterocycles. The molecule has 0 radical (unpaired) electrons. The molecule has 0 fully saturated rings. The molecule has 26 heavy (non-hydrogen) atoms. The molecular weight excluding hydrogens is 318 g/mol. The zero-order chi connectivity index (χ0) is 18.5. The monoisotopic (exact) mass is 353 g/mol. The highest BCUT2D eigenvalue weighted by Crippen LogP contribution is 2.25. The summed E-state index contributed by atoms with van der Waals surface area (Å²) in [7, 11) is 0. The minimum Gasteiger partial charge on any atom is -0.371 e. The van der Waals surface area contributed by atoms with E-state index >= 15 is 0 Å². The standard InChI is InChI=1S/C24H35NO/c1-3-4-5-6-7-8-9-13-20-26-24(2)18-16-23(17-19-24)25-21-22-14-11-10-12-15-22/h10-12,14-18,21H,3-9,13,19-20H2,1-2H3. The van der Waals surface area contributed by atoms with Crippen LogP contribution >= 0.6 is 0 Å². The van der Waals surface area contributed by atoms with Gasteiger partial charge in [0.2, 0.25) is 0 Å². The van der Waals surface area contributed by atoms with E-state index in [1.165, 1.54) is 51.4 Å². The minimum absolute atomic E-state index is 0.174. The van der Waals surface area contributed by atoms with Crippen molar-refractivity contribution < 1.29 is 4.74 Å². The lowest BCUT2D eigenvalue weighted by atomic mass is 9.96. The van der Waals surface area contributed by atoms with Crippen LogP contribution in [0.25, 0.3) is 0 Å². The third-order valence-electron chi connectivity index (χ3n) is 4.92. The van der Waals surface area contributed by atoms with Gasteiger partial charge in [-0.3, -0.25) is 4.99 Å². The Bertz CT molecular complexity index is 587. The average Bonchev–Trinajstić information content (AvgIpc) is 2.67. The number of rotatable bonds is 12. The Morgan fingerprint density at radius 2 is 1.69 bits per heavy atom. The Hall–Kier alpha value is -1.67. The average molecular weight is 354 g/mol. The maximum Gasteiger partial charge on any atom is 0.0873 e. The third-order valence-corrected chi connectivity index (χ3v) is 4.92. The van der Waals surface area contributed by atoms with Crippen molar-refractivity contribution in [3.8, 4) is 0 Å². The van der Waals surface area contributed by atoms with Gasteiger partial charge in [0.25, 0.3) is 0 Å². The summed E-state index contributed by atoms with van der Waals surface area (Å²) in [4.78, 5) is 4.56. The molecule has 0 aromatic heterocycles. The van der Waals surface area contributed by atoms with Crippen molar-refractivity contribution in [2.75, 3.05) is 6.61 Å². The summed E-state index contributed by atoms with van der Waals surface area (Å²) < 4.78 is 6.14. The normalized spacial score (nSPS) is 19.8. The molecule has 0 saturated carbocycles. The highest BCUT2D eigenvalue weighted by atomic mass is 16.5. The number of unbranched alkanes of at least 4 members (excludes halogenated alkanes) is 7. The Kier molecular flexibility index (Phi) is 9.41. The van der Waals surface area contributed by atoms with Gasteiger partial charge in [0.15, 0.2) is 0 Å². The van der Waals surface area contributed by atoms with Crippen molar-refractivity contribution in [1.29, 1.82) is 0 Å². The van der Waals surface area contributed by atoms with E-state index in [0.29, 0.717) is 0 Å². The first kappa shape index (κ1) is 20.6. The molecule has 142 valence electrons. The van der Waals surface area contributed by atoms with E-state index in [1.807, 2.05) is 24.4 Å². The van der Waals surface area contributed by atoms with Gasteiger partial charge < -0.3 is 4.74 Å². The summed E-state index contributed by atoms with van der Waals surface area (Å²) in [6.07, 6.45) is 19.9. The van der Waals surface area contributed by atoms with E-state index in [9.17, 15) is 0 Å². The summed E-state index contributed by atoms with van der Waals surface area (Å²) in [5.41, 5.74) is 1.97. The molecule has 0 amide bonds. The van der Waals surface area contributed by atoms with Gasteiger partial charge >= 0.3 is 0 Å². The Morgan fingerprint density at radius 1 is 1.00 bits per heavy atom. The molecule has 0 spiro atoms. The quantitative estimate of drug-likeness (QED) is 0.297. The lowest BCUT2D eigenvalue weighted by Crippen LogP contribution is -2.27. The molecule has 0 N–H and O–H groups in total. The summed E-state index contributed by atoms with van der Waals surface area (Å²) in [5.74, 6) is 0. The van der Waals surface area contributed by atoms with Crippen LogP contribution in [0.4, 0.5) is 0 Å². The number of hydrogen-bond donors (Lipinski definition) is 0. The van der Waals surface area contributed by atoms with Crippen LogP contribution < -0.4 is 0 Å². The number of aliphatic imine (C=N–C) groups is 1. The van der Waals surface area contributed by atoms with E-state index in [4.69, 9.17) is 4.74 Å². The molecule has 0 aliphatic heterocycles. The largest absolute Gasteiger partial charge is 0.371 e. The fraction of sp³-hybridized carbons (Fsp3) is 0.542. The maximum atomic E-state index is 6.14. The van der Waals surface area contributed by atoms with Crippen LogP contribution in [0.15, 0.2) is 59.2 Å². The molecule has 0 bridgehead atoms. The second-order valence-corrected chi connectivity index (χ2v) is 7.47. The number of benzene rings is 1. The van der Waals surface area contributed by atoms with Crippen LogP contribution in [0.5, 0.6) is 0 Å². The number of nitrogens with zero attached hydrogens (tertiary/aromatic N) is 1. The van der Waals surface area contributed by atoms with Gasteiger partial charge in [0.05, 0.1) is 11.3 Å².